The van der Waals surface area contributed by atoms with Gasteiger partial charge in [-0.1, -0.05) is 0 Å². The Morgan fingerprint density at radius 1 is 1.30 bits per heavy atom. The molecule has 0 bridgehead atoms. The van der Waals surface area contributed by atoms with E-state index in [1.165, 1.54) is 24.8 Å². The Balaban J connectivity index is 1.57. The molecule has 3 N–H and O–H groups in total. The van der Waals surface area contributed by atoms with Crippen molar-refractivity contribution in [2.75, 3.05) is 38.1 Å². The van der Waals surface area contributed by atoms with E-state index in [9.17, 15) is 4.79 Å². The third-order valence-corrected chi connectivity index (χ3v) is 5.46. The number of hydrogen-bond donors (Lipinski definition) is 2. The Morgan fingerprint density at radius 3 is 2.85 bits per heavy atom. The summed E-state index contributed by atoms with van der Waals surface area (Å²) in [5, 5.41) is 3.47. The van der Waals surface area contributed by atoms with Crippen molar-refractivity contribution in [2.45, 2.75) is 45.1 Å². The van der Waals surface area contributed by atoms with Gasteiger partial charge in [-0.2, -0.15) is 0 Å². The van der Waals surface area contributed by atoms with Crippen molar-refractivity contribution in [3.05, 3.63) is 23.9 Å². The molecule has 0 aliphatic carbocycles. The van der Waals surface area contributed by atoms with Crippen molar-refractivity contribution in [1.29, 1.82) is 0 Å². The molecular formula is C20H32N6O. The molecule has 2 saturated heterocycles. The number of guanidine groups is 1. The first kappa shape index (κ1) is 19.5. The zero-order valence-corrected chi connectivity index (χ0v) is 16.4. The van der Waals surface area contributed by atoms with Crippen LogP contribution in [0.25, 0.3) is 0 Å². The van der Waals surface area contributed by atoms with Crippen LogP contribution in [0.3, 0.4) is 0 Å². The van der Waals surface area contributed by atoms with Crippen LogP contribution in [0, 0.1) is 5.92 Å². The van der Waals surface area contributed by atoms with Crippen LogP contribution in [0.4, 0.5) is 5.82 Å². The molecule has 1 amide bonds. The fourth-order valence-electron chi connectivity index (χ4n) is 4.09. The summed E-state index contributed by atoms with van der Waals surface area (Å²) in [6.45, 7) is 4.70. The summed E-state index contributed by atoms with van der Waals surface area (Å²) in [7, 11) is 1.81. The summed E-state index contributed by atoms with van der Waals surface area (Å²) < 4.78 is 0. The van der Waals surface area contributed by atoms with E-state index in [0.29, 0.717) is 18.9 Å². The van der Waals surface area contributed by atoms with Gasteiger partial charge in [-0.3, -0.25) is 9.79 Å². The van der Waals surface area contributed by atoms with E-state index in [1.807, 2.05) is 13.2 Å². The highest BCUT2D eigenvalue weighted by Gasteiger charge is 2.23. The van der Waals surface area contributed by atoms with E-state index in [1.54, 1.807) is 0 Å². The number of primary amides is 1. The molecule has 0 saturated carbocycles. The van der Waals surface area contributed by atoms with Crippen LogP contribution in [-0.4, -0.2) is 55.0 Å². The normalized spacial score (nSPS) is 21.2. The number of pyridine rings is 1. The molecular weight excluding hydrogens is 340 g/mol. The van der Waals surface area contributed by atoms with Crippen molar-refractivity contribution in [1.82, 2.24) is 15.2 Å². The second kappa shape index (κ2) is 9.58. The lowest BCUT2D eigenvalue weighted by Crippen LogP contribution is -2.46. The maximum atomic E-state index is 11.2. The van der Waals surface area contributed by atoms with E-state index in [-0.39, 0.29) is 5.91 Å². The highest BCUT2D eigenvalue weighted by molar-refractivity contribution is 5.80. The molecule has 1 aromatic rings. The number of carbonyl (C=O) groups is 1. The van der Waals surface area contributed by atoms with Crippen molar-refractivity contribution in [2.24, 2.45) is 16.6 Å². The number of nitrogens with zero attached hydrogens (tertiary/aromatic N) is 4. The van der Waals surface area contributed by atoms with Crippen LogP contribution in [0.2, 0.25) is 0 Å². The molecule has 148 valence electrons. The molecule has 2 aliphatic rings. The monoisotopic (exact) mass is 372 g/mol. The van der Waals surface area contributed by atoms with Gasteiger partial charge in [-0.05, 0) is 55.7 Å². The summed E-state index contributed by atoms with van der Waals surface area (Å²) in [4.78, 5) is 24.8. The lowest BCUT2D eigenvalue weighted by atomic mass is 9.95. The lowest BCUT2D eigenvalue weighted by molar-refractivity contribution is -0.119. The first-order valence-corrected chi connectivity index (χ1v) is 10.1. The molecule has 0 radical (unpaired) electrons. The van der Waals surface area contributed by atoms with Crippen LogP contribution >= 0.6 is 0 Å². The Morgan fingerprint density at radius 2 is 2.11 bits per heavy atom. The minimum absolute atomic E-state index is 0.216. The fourth-order valence-corrected chi connectivity index (χ4v) is 4.09. The number of piperidine rings is 2. The Kier molecular flexibility index (Phi) is 6.90. The van der Waals surface area contributed by atoms with Gasteiger partial charge in [-0.25, -0.2) is 4.98 Å². The highest BCUT2D eigenvalue weighted by Crippen LogP contribution is 2.20. The SMILES string of the molecule is CN=C(NCc1ccnc(N2CCCCC2)c1)N1CCCC(CC(N)=O)C1. The Labute approximate surface area is 162 Å². The minimum Gasteiger partial charge on any atom is -0.370 e. The van der Waals surface area contributed by atoms with Gasteiger partial charge in [0.1, 0.15) is 5.82 Å². The molecule has 1 unspecified atom stereocenters. The second-order valence-corrected chi connectivity index (χ2v) is 7.60. The molecule has 7 nitrogen and oxygen atoms in total. The smallest absolute Gasteiger partial charge is 0.217 e. The first-order chi connectivity index (χ1) is 13.2. The van der Waals surface area contributed by atoms with Crippen LogP contribution < -0.4 is 16.0 Å². The van der Waals surface area contributed by atoms with E-state index < -0.39 is 0 Å². The summed E-state index contributed by atoms with van der Waals surface area (Å²) >= 11 is 0. The number of carbonyl (C=O) groups excluding carboxylic acids is 1. The van der Waals surface area contributed by atoms with Crippen molar-refractivity contribution < 1.29 is 4.79 Å². The van der Waals surface area contributed by atoms with Crippen molar-refractivity contribution >= 4 is 17.7 Å². The molecule has 3 heterocycles. The van der Waals surface area contributed by atoms with Crippen molar-refractivity contribution in [3.63, 3.8) is 0 Å². The van der Waals surface area contributed by atoms with Crippen LogP contribution in [0.1, 0.15) is 44.1 Å². The maximum Gasteiger partial charge on any atom is 0.217 e. The zero-order chi connectivity index (χ0) is 19.1. The van der Waals surface area contributed by atoms with E-state index >= 15 is 0 Å². The van der Waals surface area contributed by atoms with Gasteiger partial charge in [0.2, 0.25) is 5.91 Å². The van der Waals surface area contributed by atoms with Gasteiger partial charge in [0.15, 0.2) is 5.96 Å². The lowest BCUT2D eigenvalue weighted by Gasteiger charge is -2.34. The molecule has 1 atom stereocenters. The van der Waals surface area contributed by atoms with Gasteiger partial charge in [-0.15, -0.1) is 0 Å². The van der Waals surface area contributed by atoms with E-state index in [2.05, 4.69) is 37.2 Å². The number of nitrogens with one attached hydrogen (secondary N) is 1. The number of aliphatic imine (C=N–C) groups is 1. The van der Waals surface area contributed by atoms with Crippen LogP contribution in [0.5, 0.6) is 0 Å². The van der Waals surface area contributed by atoms with Gasteiger partial charge >= 0.3 is 0 Å². The Bertz CT molecular complexity index is 656. The van der Waals surface area contributed by atoms with E-state index in [4.69, 9.17) is 5.73 Å². The molecule has 2 aliphatic heterocycles. The number of likely N-dealkylation sites (tertiary alicyclic amines) is 1. The Hall–Kier alpha value is -2.31. The second-order valence-electron chi connectivity index (χ2n) is 7.60. The predicted molar refractivity (Wildman–Crippen MR) is 109 cm³/mol. The van der Waals surface area contributed by atoms with Gasteiger partial charge in [0, 0.05) is 52.4 Å². The molecule has 27 heavy (non-hydrogen) atoms. The quantitative estimate of drug-likeness (QED) is 0.607. The third kappa shape index (κ3) is 5.58. The number of hydrogen-bond acceptors (Lipinski definition) is 4. The zero-order valence-electron chi connectivity index (χ0n) is 16.4. The molecule has 2 fully saturated rings. The van der Waals surface area contributed by atoms with Crippen LogP contribution in [-0.2, 0) is 11.3 Å². The minimum atomic E-state index is -0.216. The standard InChI is InChI=1S/C20H32N6O/c1-22-20(26-11-5-6-17(15-26)12-18(21)27)24-14-16-7-8-23-19(13-16)25-9-3-2-4-10-25/h7-8,13,17H,2-6,9-12,14-15H2,1H3,(H2,21,27)(H,22,24). The largest absolute Gasteiger partial charge is 0.370 e. The van der Waals surface area contributed by atoms with Gasteiger partial charge in [0.25, 0.3) is 0 Å². The average Bonchev–Trinajstić information content (AvgIpc) is 2.69. The van der Waals surface area contributed by atoms with Crippen LogP contribution in [0.15, 0.2) is 23.3 Å². The van der Waals surface area contributed by atoms with E-state index in [0.717, 1.165) is 50.8 Å². The number of aromatic nitrogens is 1. The van der Waals surface area contributed by atoms with Gasteiger partial charge < -0.3 is 20.9 Å². The maximum absolute atomic E-state index is 11.2. The number of nitrogens with two attached hydrogens (primary N) is 1. The number of anilines is 1. The molecule has 0 aromatic carbocycles. The third-order valence-electron chi connectivity index (χ3n) is 5.46. The first-order valence-electron chi connectivity index (χ1n) is 10.1. The predicted octanol–water partition coefficient (Wildman–Crippen LogP) is 1.73. The molecule has 3 rings (SSSR count). The molecule has 1 aromatic heterocycles. The number of rotatable bonds is 5. The summed E-state index contributed by atoms with van der Waals surface area (Å²) in [6, 6.07) is 4.23. The van der Waals surface area contributed by atoms with Gasteiger partial charge in [0.05, 0.1) is 0 Å². The summed E-state index contributed by atoms with van der Waals surface area (Å²) in [6.07, 6.45) is 8.29. The average molecular weight is 373 g/mol. The summed E-state index contributed by atoms with van der Waals surface area (Å²) in [5.41, 5.74) is 6.58. The molecule has 7 heteroatoms. The topological polar surface area (TPSA) is 86.8 Å². The number of amides is 1. The molecule has 0 spiro atoms. The highest BCUT2D eigenvalue weighted by atomic mass is 16.1. The van der Waals surface area contributed by atoms with Crippen molar-refractivity contribution in [3.8, 4) is 0 Å². The fraction of sp³-hybridized carbons (Fsp3) is 0.650. The summed E-state index contributed by atoms with van der Waals surface area (Å²) in [5.74, 6) is 2.07.